The van der Waals surface area contributed by atoms with E-state index in [0.717, 1.165) is 16.8 Å². The van der Waals surface area contributed by atoms with Crippen molar-refractivity contribution in [2.75, 3.05) is 11.9 Å². The summed E-state index contributed by atoms with van der Waals surface area (Å²) < 4.78 is 32.5. The van der Waals surface area contributed by atoms with Gasteiger partial charge in [0.15, 0.2) is 0 Å². The zero-order valence-corrected chi connectivity index (χ0v) is 13.9. The summed E-state index contributed by atoms with van der Waals surface area (Å²) in [5.74, 6) is 0.546. The second kappa shape index (κ2) is 5.47. The Balaban J connectivity index is 1.84. The zero-order valence-electron chi connectivity index (χ0n) is 13.1. The van der Waals surface area contributed by atoms with E-state index in [1.807, 2.05) is 0 Å². The van der Waals surface area contributed by atoms with E-state index in [1.165, 1.54) is 11.0 Å². The molecule has 1 aliphatic rings. The second-order valence-electron chi connectivity index (χ2n) is 5.55. The number of fused-ring (bicyclic) bond motifs is 1. The van der Waals surface area contributed by atoms with Crippen LogP contribution in [0.5, 0.6) is 0 Å². The molecule has 0 radical (unpaired) electrons. The van der Waals surface area contributed by atoms with E-state index in [0.29, 0.717) is 11.5 Å². The summed E-state index contributed by atoms with van der Waals surface area (Å²) in [6.45, 7) is 3.61. The third-order valence-electron chi connectivity index (χ3n) is 4.06. The number of aromatic nitrogens is 1. The number of hydrogen-bond acceptors (Lipinski definition) is 5. The molecule has 0 saturated heterocycles. The monoisotopic (exact) mass is 335 g/mol. The minimum absolute atomic E-state index is 0.0433. The molecule has 0 saturated carbocycles. The van der Waals surface area contributed by atoms with Gasteiger partial charge in [-0.2, -0.15) is 0 Å². The molecule has 1 amide bonds. The van der Waals surface area contributed by atoms with E-state index < -0.39 is 10.0 Å². The number of nitrogens with one attached hydrogen (secondary N) is 1. The maximum Gasteiger partial charge on any atom is 0.240 e. The normalized spacial score (nSPS) is 14.4. The number of hydrogen-bond donors (Lipinski definition) is 1. The summed E-state index contributed by atoms with van der Waals surface area (Å²) in [5, 5.41) is 3.80. The average molecular weight is 335 g/mol. The van der Waals surface area contributed by atoms with Crippen LogP contribution in [0.2, 0.25) is 0 Å². The van der Waals surface area contributed by atoms with Gasteiger partial charge < -0.3 is 9.42 Å². The van der Waals surface area contributed by atoms with Crippen LogP contribution in [0.25, 0.3) is 0 Å². The van der Waals surface area contributed by atoms with Gasteiger partial charge in [0.05, 0.1) is 17.0 Å². The van der Waals surface area contributed by atoms with Crippen molar-refractivity contribution < 1.29 is 17.7 Å². The fourth-order valence-corrected chi connectivity index (χ4v) is 3.66. The van der Waals surface area contributed by atoms with Crippen LogP contribution in [0.15, 0.2) is 27.6 Å². The molecule has 0 fully saturated rings. The Morgan fingerprint density at radius 2 is 2.09 bits per heavy atom. The lowest BCUT2D eigenvalue weighted by Gasteiger charge is -2.11. The molecule has 23 heavy (non-hydrogen) atoms. The second-order valence-corrected chi connectivity index (χ2v) is 7.31. The fourth-order valence-electron chi connectivity index (χ4n) is 2.62. The Morgan fingerprint density at radius 1 is 1.35 bits per heavy atom. The summed E-state index contributed by atoms with van der Waals surface area (Å²) in [6.07, 6.45) is 0.221. The summed E-state index contributed by atoms with van der Waals surface area (Å²) in [7, 11) is -2.00. The number of carbonyl (C=O) groups is 1. The first-order valence-electron chi connectivity index (χ1n) is 7.10. The summed E-state index contributed by atoms with van der Waals surface area (Å²) in [5.41, 5.74) is 2.86. The highest BCUT2D eigenvalue weighted by molar-refractivity contribution is 7.89. The van der Waals surface area contributed by atoms with Crippen molar-refractivity contribution in [3.8, 4) is 0 Å². The minimum Gasteiger partial charge on any atom is -0.361 e. The lowest BCUT2D eigenvalue weighted by Crippen LogP contribution is -2.24. The summed E-state index contributed by atoms with van der Waals surface area (Å²) >= 11 is 0. The van der Waals surface area contributed by atoms with Crippen LogP contribution in [-0.2, 0) is 27.8 Å². The first-order chi connectivity index (χ1) is 10.8. The molecule has 7 nitrogen and oxygen atoms in total. The van der Waals surface area contributed by atoms with E-state index in [1.54, 1.807) is 33.0 Å². The maximum atomic E-state index is 12.5. The van der Waals surface area contributed by atoms with Gasteiger partial charge in [0.1, 0.15) is 5.76 Å². The molecule has 0 aliphatic carbocycles. The van der Waals surface area contributed by atoms with Gasteiger partial charge in [-0.05, 0) is 37.6 Å². The number of amides is 1. The Kier molecular flexibility index (Phi) is 3.73. The predicted octanol–water partition coefficient (Wildman–Crippen LogP) is 1.29. The molecule has 1 aromatic carbocycles. The molecule has 0 unspecified atom stereocenters. The largest absolute Gasteiger partial charge is 0.361 e. The molecule has 3 rings (SSSR count). The third kappa shape index (κ3) is 2.75. The van der Waals surface area contributed by atoms with Gasteiger partial charge in [0.25, 0.3) is 0 Å². The fraction of sp³-hybridized carbons (Fsp3) is 0.333. The van der Waals surface area contributed by atoms with E-state index >= 15 is 0 Å². The van der Waals surface area contributed by atoms with E-state index in [4.69, 9.17) is 4.52 Å². The minimum atomic E-state index is -3.68. The van der Waals surface area contributed by atoms with Gasteiger partial charge in [0, 0.05) is 24.8 Å². The van der Waals surface area contributed by atoms with Crippen LogP contribution in [0.3, 0.4) is 0 Å². The molecule has 1 N–H and O–H groups in total. The van der Waals surface area contributed by atoms with Crippen LogP contribution in [0.4, 0.5) is 5.69 Å². The number of anilines is 1. The number of aryl methyl sites for hydroxylation is 2. The van der Waals surface area contributed by atoms with Crippen LogP contribution < -0.4 is 9.62 Å². The molecule has 2 aromatic rings. The number of likely N-dealkylation sites (N-methyl/N-ethyl adjacent to an activating group) is 1. The topological polar surface area (TPSA) is 92.5 Å². The van der Waals surface area contributed by atoms with Gasteiger partial charge in [-0.15, -0.1) is 0 Å². The quantitative estimate of drug-likeness (QED) is 0.909. The average Bonchev–Trinajstić information content (AvgIpc) is 2.97. The highest BCUT2D eigenvalue weighted by Gasteiger charge is 2.26. The van der Waals surface area contributed by atoms with Crippen molar-refractivity contribution in [1.29, 1.82) is 0 Å². The number of nitrogens with zero attached hydrogens (tertiary/aromatic N) is 2. The van der Waals surface area contributed by atoms with E-state index in [-0.39, 0.29) is 23.8 Å². The lowest BCUT2D eigenvalue weighted by molar-refractivity contribution is -0.117. The Morgan fingerprint density at radius 3 is 2.74 bits per heavy atom. The molecule has 1 aliphatic heterocycles. The van der Waals surface area contributed by atoms with Gasteiger partial charge in [-0.25, -0.2) is 13.1 Å². The van der Waals surface area contributed by atoms with Crippen molar-refractivity contribution in [2.45, 2.75) is 31.7 Å². The molecular weight excluding hydrogens is 318 g/mol. The van der Waals surface area contributed by atoms with Crippen LogP contribution in [0, 0.1) is 13.8 Å². The molecule has 0 bridgehead atoms. The van der Waals surface area contributed by atoms with Crippen LogP contribution in [0.1, 0.15) is 22.6 Å². The number of rotatable bonds is 4. The summed E-state index contributed by atoms with van der Waals surface area (Å²) in [4.78, 5) is 13.4. The van der Waals surface area contributed by atoms with Gasteiger partial charge in [-0.1, -0.05) is 5.16 Å². The first-order valence-corrected chi connectivity index (χ1v) is 8.59. The van der Waals surface area contributed by atoms with Gasteiger partial charge in [-0.3, -0.25) is 4.79 Å². The van der Waals surface area contributed by atoms with E-state index in [9.17, 15) is 13.2 Å². The highest BCUT2D eigenvalue weighted by atomic mass is 32.2. The molecular formula is C15H17N3O4S. The SMILES string of the molecule is Cc1noc(C)c1CNS(=O)(=O)c1ccc2c(c1)CC(=O)N2C. The van der Waals surface area contributed by atoms with Crippen molar-refractivity contribution in [3.63, 3.8) is 0 Å². The van der Waals surface area contributed by atoms with Crippen LogP contribution >= 0.6 is 0 Å². The zero-order chi connectivity index (χ0) is 16.8. The molecule has 0 atom stereocenters. The first kappa shape index (κ1) is 15.7. The molecule has 1 aromatic heterocycles. The number of benzene rings is 1. The lowest BCUT2D eigenvalue weighted by atomic mass is 10.2. The smallest absolute Gasteiger partial charge is 0.240 e. The standard InChI is InChI=1S/C15H17N3O4S/c1-9-13(10(2)22-17-9)8-16-23(20,21)12-4-5-14-11(6-12)7-15(19)18(14)3/h4-6,16H,7-8H2,1-3H3. The third-order valence-corrected chi connectivity index (χ3v) is 5.46. The Labute approximate surface area is 134 Å². The van der Waals surface area contributed by atoms with Crippen molar-refractivity contribution in [3.05, 3.63) is 40.8 Å². The summed E-state index contributed by atoms with van der Waals surface area (Å²) in [6, 6.07) is 4.71. The van der Waals surface area contributed by atoms with Crippen molar-refractivity contribution >= 4 is 21.6 Å². The predicted molar refractivity (Wildman–Crippen MR) is 83.6 cm³/mol. The van der Waals surface area contributed by atoms with Crippen LogP contribution in [-0.4, -0.2) is 26.5 Å². The highest BCUT2D eigenvalue weighted by Crippen LogP contribution is 2.29. The van der Waals surface area contributed by atoms with Gasteiger partial charge >= 0.3 is 0 Å². The maximum absolute atomic E-state index is 12.5. The van der Waals surface area contributed by atoms with Crippen molar-refractivity contribution in [2.24, 2.45) is 0 Å². The number of carbonyl (C=O) groups excluding carboxylic acids is 1. The molecule has 0 spiro atoms. The van der Waals surface area contributed by atoms with E-state index in [2.05, 4.69) is 9.88 Å². The number of sulfonamides is 1. The Hall–Kier alpha value is -2.19. The molecule has 2 heterocycles. The molecule has 122 valence electrons. The van der Waals surface area contributed by atoms with Crippen molar-refractivity contribution in [1.82, 2.24) is 9.88 Å². The Bertz CT molecular complexity index is 867. The molecule has 8 heteroatoms. The van der Waals surface area contributed by atoms with Gasteiger partial charge in [0.2, 0.25) is 15.9 Å².